The van der Waals surface area contributed by atoms with Gasteiger partial charge in [-0.2, -0.15) is 0 Å². The highest BCUT2D eigenvalue weighted by Crippen LogP contribution is 2.21. The molecular formula is C16H25N3O2. The molecule has 0 bridgehead atoms. The maximum absolute atomic E-state index is 12.2. The number of aliphatic hydroxyl groups is 1. The molecule has 1 saturated heterocycles. The van der Waals surface area contributed by atoms with Gasteiger partial charge < -0.3 is 20.2 Å². The second kappa shape index (κ2) is 6.80. The summed E-state index contributed by atoms with van der Waals surface area (Å²) < 4.78 is 0. The van der Waals surface area contributed by atoms with E-state index in [1.807, 2.05) is 31.3 Å². The quantitative estimate of drug-likeness (QED) is 0.895. The maximum Gasteiger partial charge on any atom is 0.321 e. The van der Waals surface area contributed by atoms with E-state index >= 15 is 0 Å². The van der Waals surface area contributed by atoms with Gasteiger partial charge in [-0.25, -0.2) is 4.79 Å². The van der Waals surface area contributed by atoms with E-state index in [0.29, 0.717) is 19.1 Å². The number of rotatable bonds is 4. The third kappa shape index (κ3) is 3.88. The average Bonchev–Trinajstić information content (AvgIpc) is 2.95. The Morgan fingerprint density at radius 1 is 1.52 bits per heavy atom. The van der Waals surface area contributed by atoms with Gasteiger partial charge in [0.25, 0.3) is 0 Å². The fourth-order valence-electron chi connectivity index (χ4n) is 2.47. The number of hydrogen-bond acceptors (Lipinski definition) is 3. The highest BCUT2D eigenvalue weighted by atomic mass is 16.3. The first kappa shape index (κ1) is 15.6. The summed E-state index contributed by atoms with van der Waals surface area (Å²) in [6, 6.07) is 8.18. The first-order chi connectivity index (χ1) is 10.0. The number of aliphatic hydroxyl groups excluding tert-OH is 1. The molecule has 116 valence electrons. The van der Waals surface area contributed by atoms with E-state index < -0.39 is 0 Å². The van der Waals surface area contributed by atoms with Crippen molar-refractivity contribution in [2.24, 2.45) is 5.92 Å². The Hall–Kier alpha value is -1.75. The van der Waals surface area contributed by atoms with Gasteiger partial charge in [0, 0.05) is 50.1 Å². The molecule has 0 saturated carbocycles. The van der Waals surface area contributed by atoms with Crippen molar-refractivity contribution in [1.29, 1.82) is 0 Å². The van der Waals surface area contributed by atoms with Crippen LogP contribution in [0, 0.1) is 5.92 Å². The second-order valence-electron chi connectivity index (χ2n) is 5.97. The minimum Gasteiger partial charge on any atom is -0.396 e. The van der Waals surface area contributed by atoms with Gasteiger partial charge in [-0.3, -0.25) is 0 Å². The molecule has 21 heavy (non-hydrogen) atoms. The maximum atomic E-state index is 12.2. The largest absolute Gasteiger partial charge is 0.396 e. The molecule has 1 aromatic rings. The van der Waals surface area contributed by atoms with Gasteiger partial charge in [-0.1, -0.05) is 6.07 Å². The topological polar surface area (TPSA) is 55.8 Å². The molecule has 1 aromatic carbocycles. The fraction of sp³-hybridized carbons (Fsp3) is 0.562. The van der Waals surface area contributed by atoms with Crippen LogP contribution in [-0.2, 0) is 0 Å². The minimum absolute atomic E-state index is 0.0877. The number of carbonyl (C=O) groups excluding carboxylic acids is 1. The van der Waals surface area contributed by atoms with Gasteiger partial charge in [-0.05, 0) is 38.5 Å². The molecule has 1 unspecified atom stereocenters. The van der Waals surface area contributed by atoms with Crippen molar-refractivity contribution in [3.8, 4) is 0 Å². The molecule has 0 aromatic heterocycles. The van der Waals surface area contributed by atoms with E-state index in [9.17, 15) is 4.79 Å². The molecule has 2 rings (SSSR count). The molecule has 1 atom stereocenters. The summed E-state index contributed by atoms with van der Waals surface area (Å²) in [6.45, 7) is 5.75. The van der Waals surface area contributed by atoms with Gasteiger partial charge in [0.2, 0.25) is 0 Å². The second-order valence-corrected chi connectivity index (χ2v) is 5.97. The number of benzene rings is 1. The number of hydrogen-bond donors (Lipinski definition) is 2. The zero-order chi connectivity index (χ0) is 15.4. The van der Waals surface area contributed by atoms with Crippen LogP contribution in [0.1, 0.15) is 20.3 Å². The molecule has 5 nitrogen and oxygen atoms in total. The molecule has 0 aliphatic carbocycles. The lowest BCUT2D eigenvalue weighted by Gasteiger charge is -2.24. The van der Waals surface area contributed by atoms with Crippen LogP contribution in [0.15, 0.2) is 24.3 Å². The molecule has 1 aliphatic rings. The van der Waals surface area contributed by atoms with E-state index in [4.69, 9.17) is 5.11 Å². The Balaban J connectivity index is 2.00. The van der Waals surface area contributed by atoms with Gasteiger partial charge in [0.05, 0.1) is 0 Å². The summed E-state index contributed by atoms with van der Waals surface area (Å²) in [4.78, 5) is 16.1. The van der Waals surface area contributed by atoms with E-state index in [2.05, 4.69) is 24.1 Å². The first-order valence-corrected chi connectivity index (χ1v) is 7.51. The van der Waals surface area contributed by atoms with E-state index in [-0.39, 0.29) is 18.6 Å². The highest BCUT2D eigenvalue weighted by molar-refractivity contribution is 5.90. The van der Waals surface area contributed by atoms with E-state index in [0.717, 1.165) is 17.8 Å². The molecule has 2 amide bonds. The highest BCUT2D eigenvalue weighted by Gasteiger charge is 2.25. The van der Waals surface area contributed by atoms with Crippen molar-refractivity contribution >= 4 is 17.4 Å². The van der Waals surface area contributed by atoms with E-state index in [1.165, 1.54) is 0 Å². The lowest BCUT2D eigenvalue weighted by atomic mass is 10.1. The van der Waals surface area contributed by atoms with Gasteiger partial charge in [-0.15, -0.1) is 0 Å². The summed E-state index contributed by atoms with van der Waals surface area (Å²) in [5.41, 5.74) is 1.88. The summed E-state index contributed by atoms with van der Waals surface area (Å²) in [5, 5.41) is 12.1. The third-order valence-electron chi connectivity index (χ3n) is 4.11. The summed E-state index contributed by atoms with van der Waals surface area (Å²) >= 11 is 0. The van der Waals surface area contributed by atoms with Crippen LogP contribution in [0.2, 0.25) is 0 Å². The Labute approximate surface area is 126 Å². The zero-order valence-corrected chi connectivity index (χ0v) is 13.0. The van der Waals surface area contributed by atoms with Crippen molar-refractivity contribution in [3.05, 3.63) is 24.3 Å². The van der Waals surface area contributed by atoms with E-state index in [1.54, 1.807) is 4.90 Å². The van der Waals surface area contributed by atoms with Crippen LogP contribution in [-0.4, -0.2) is 48.8 Å². The SMILES string of the molecule is CC(C)N(C)c1cccc(NC(=O)N2CCC(CO)C2)c1. The van der Waals surface area contributed by atoms with Crippen molar-refractivity contribution in [2.75, 3.05) is 37.0 Å². The Morgan fingerprint density at radius 3 is 2.90 bits per heavy atom. The van der Waals surface area contributed by atoms with Gasteiger partial charge in [0.15, 0.2) is 0 Å². The molecule has 1 aliphatic heterocycles. The normalized spacial score (nSPS) is 18.1. The van der Waals surface area contributed by atoms with Gasteiger partial charge in [0.1, 0.15) is 0 Å². The van der Waals surface area contributed by atoms with Crippen LogP contribution >= 0.6 is 0 Å². The number of likely N-dealkylation sites (tertiary alicyclic amines) is 1. The van der Waals surface area contributed by atoms with Crippen molar-refractivity contribution in [2.45, 2.75) is 26.3 Å². The summed E-state index contributed by atoms with van der Waals surface area (Å²) in [6.07, 6.45) is 0.875. The smallest absolute Gasteiger partial charge is 0.321 e. The summed E-state index contributed by atoms with van der Waals surface area (Å²) in [7, 11) is 2.04. The number of urea groups is 1. The Kier molecular flexibility index (Phi) is 5.07. The Bertz CT molecular complexity index is 490. The fourth-order valence-corrected chi connectivity index (χ4v) is 2.47. The molecule has 0 radical (unpaired) electrons. The van der Waals surface area contributed by atoms with Crippen LogP contribution < -0.4 is 10.2 Å². The molecule has 2 N–H and O–H groups in total. The molecule has 5 heteroatoms. The first-order valence-electron chi connectivity index (χ1n) is 7.51. The number of anilines is 2. The lowest BCUT2D eigenvalue weighted by molar-refractivity contribution is 0.209. The molecule has 0 spiro atoms. The van der Waals surface area contributed by atoms with Crippen molar-refractivity contribution in [1.82, 2.24) is 4.90 Å². The molecule has 1 fully saturated rings. The lowest BCUT2D eigenvalue weighted by Crippen LogP contribution is -2.33. The van der Waals surface area contributed by atoms with Crippen LogP contribution in [0.5, 0.6) is 0 Å². The minimum atomic E-state index is -0.0877. The van der Waals surface area contributed by atoms with Crippen LogP contribution in [0.4, 0.5) is 16.2 Å². The number of amides is 2. The summed E-state index contributed by atoms with van der Waals surface area (Å²) in [5.74, 6) is 0.217. The predicted octanol–water partition coefficient (Wildman–Crippen LogP) is 2.38. The van der Waals surface area contributed by atoms with Crippen molar-refractivity contribution in [3.63, 3.8) is 0 Å². The zero-order valence-electron chi connectivity index (χ0n) is 13.0. The Morgan fingerprint density at radius 2 is 2.29 bits per heavy atom. The number of nitrogens with zero attached hydrogens (tertiary/aromatic N) is 2. The standard InChI is InChI=1S/C16H25N3O2/c1-12(2)18(3)15-6-4-5-14(9-15)17-16(21)19-8-7-13(10-19)11-20/h4-6,9,12-13,20H,7-8,10-11H2,1-3H3,(H,17,21). The monoisotopic (exact) mass is 291 g/mol. The van der Waals surface area contributed by atoms with Crippen LogP contribution in [0.25, 0.3) is 0 Å². The van der Waals surface area contributed by atoms with Crippen molar-refractivity contribution < 1.29 is 9.90 Å². The van der Waals surface area contributed by atoms with Crippen LogP contribution in [0.3, 0.4) is 0 Å². The predicted molar refractivity (Wildman–Crippen MR) is 85.8 cm³/mol. The van der Waals surface area contributed by atoms with Gasteiger partial charge >= 0.3 is 6.03 Å². The number of carbonyl (C=O) groups is 1. The molecule has 1 heterocycles. The third-order valence-corrected chi connectivity index (χ3v) is 4.11. The number of nitrogens with one attached hydrogen (secondary N) is 1. The average molecular weight is 291 g/mol. The molecular weight excluding hydrogens is 266 g/mol.